The average Bonchev–Trinajstić information content (AvgIpc) is 2.19. The van der Waals surface area contributed by atoms with Crippen LogP contribution in [0.3, 0.4) is 0 Å². The Hall–Kier alpha value is -1.23. The number of hydrogen-bond acceptors (Lipinski definition) is 2. The van der Waals surface area contributed by atoms with E-state index in [9.17, 15) is 13.2 Å². The highest BCUT2D eigenvalue weighted by Crippen LogP contribution is 2.29. The molecule has 2 nitrogen and oxygen atoms in total. The molecule has 0 saturated heterocycles. The summed E-state index contributed by atoms with van der Waals surface area (Å²) in [6, 6.07) is 5.06. The molecule has 0 fully saturated rings. The fourth-order valence-corrected chi connectivity index (χ4v) is 1.53. The van der Waals surface area contributed by atoms with Gasteiger partial charge in [-0.3, -0.25) is 0 Å². The molecule has 1 aromatic rings. The summed E-state index contributed by atoms with van der Waals surface area (Å²) in [4.78, 5) is 0. The van der Waals surface area contributed by atoms with E-state index < -0.39 is 12.3 Å². The second-order valence-corrected chi connectivity index (χ2v) is 3.99. The van der Waals surface area contributed by atoms with E-state index in [4.69, 9.17) is 10.5 Å². The summed E-state index contributed by atoms with van der Waals surface area (Å²) < 4.78 is 42.9. The first-order valence-electron chi connectivity index (χ1n) is 5.35. The molecule has 1 aromatic carbocycles. The molecule has 0 heterocycles. The molecule has 0 bridgehead atoms. The van der Waals surface area contributed by atoms with E-state index in [1.807, 2.05) is 6.92 Å². The highest BCUT2D eigenvalue weighted by molar-refractivity contribution is 5.35. The average molecular weight is 247 g/mol. The van der Waals surface area contributed by atoms with Crippen LogP contribution in [0.5, 0.6) is 5.75 Å². The molecule has 0 radical (unpaired) electrons. The van der Waals surface area contributed by atoms with E-state index in [2.05, 4.69) is 0 Å². The van der Waals surface area contributed by atoms with Gasteiger partial charge >= 0.3 is 6.18 Å². The van der Waals surface area contributed by atoms with Gasteiger partial charge in [-0.15, -0.1) is 0 Å². The van der Waals surface area contributed by atoms with Crippen molar-refractivity contribution in [1.82, 2.24) is 0 Å². The van der Waals surface area contributed by atoms with Crippen LogP contribution in [0.15, 0.2) is 18.2 Å². The smallest absolute Gasteiger partial charge is 0.425 e. The van der Waals surface area contributed by atoms with E-state index in [0.29, 0.717) is 5.56 Å². The maximum absolute atomic E-state index is 12.6. The molecule has 0 saturated carbocycles. The summed E-state index contributed by atoms with van der Waals surface area (Å²) >= 11 is 0. The minimum Gasteiger partial charge on any atom is -0.481 e. The molecule has 0 aromatic heterocycles. The van der Waals surface area contributed by atoms with E-state index in [1.54, 1.807) is 25.1 Å². The highest BCUT2D eigenvalue weighted by atomic mass is 19.4. The lowest BCUT2D eigenvalue weighted by Gasteiger charge is -2.22. The maximum Gasteiger partial charge on any atom is 0.425 e. The van der Waals surface area contributed by atoms with Crippen LogP contribution in [0.4, 0.5) is 13.2 Å². The number of alkyl halides is 3. The summed E-state index contributed by atoms with van der Waals surface area (Å²) in [6.07, 6.45) is -6.47. The second kappa shape index (κ2) is 5.40. The third-order valence-electron chi connectivity index (χ3n) is 2.39. The standard InChI is InChI=1S/C12H16F3NO/c1-8-3-4-10(9(2)7-8)17-11(5-6-16)12(13,14)15/h3-4,7,11H,5-6,16H2,1-2H3. The van der Waals surface area contributed by atoms with Crippen molar-refractivity contribution in [1.29, 1.82) is 0 Å². The Morgan fingerprint density at radius 3 is 2.41 bits per heavy atom. The molecule has 0 amide bonds. The molecular formula is C12H16F3NO. The van der Waals surface area contributed by atoms with Crippen LogP contribution in [0.1, 0.15) is 17.5 Å². The van der Waals surface area contributed by atoms with Crippen LogP contribution in [0, 0.1) is 13.8 Å². The summed E-state index contributed by atoms with van der Waals surface area (Å²) in [5.41, 5.74) is 6.84. The van der Waals surface area contributed by atoms with Crippen molar-refractivity contribution in [2.75, 3.05) is 6.54 Å². The van der Waals surface area contributed by atoms with Gasteiger partial charge in [0.05, 0.1) is 0 Å². The minimum atomic E-state index is -4.39. The Balaban J connectivity index is 2.86. The van der Waals surface area contributed by atoms with Crippen LogP contribution in [0.2, 0.25) is 0 Å². The van der Waals surface area contributed by atoms with Crippen molar-refractivity contribution in [3.05, 3.63) is 29.3 Å². The molecule has 0 aliphatic rings. The van der Waals surface area contributed by atoms with Gasteiger partial charge in [0, 0.05) is 6.42 Å². The van der Waals surface area contributed by atoms with Gasteiger partial charge in [-0.05, 0) is 32.0 Å². The predicted molar refractivity (Wildman–Crippen MR) is 60.1 cm³/mol. The zero-order valence-corrected chi connectivity index (χ0v) is 9.84. The summed E-state index contributed by atoms with van der Waals surface area (Å²) in [5, 5.41) is 0. The van der Waals surface area contributed by atoms with Gasteiger partial charge in [0.1, 0.15) is 5.75 Å². The normalized spacial score (nSPS) is 13.5. The van der Waals surface area contributed by atoms with Crippen molar-refractivity contribution in [2.24, 2.45) is 5.73 Å². The van der Waals surface area contributed by atoms with Gasteiger partial charge in [0.25, 0.3) is 0 Å². The molecule has 0 aliphatic carbocycles. The minimum absolute atomic E-state index is 0.0604. The van der Waals surface area contributed by atoms with E-state index in [-0.39, 0.29) is 18.7 Å². The van der Waals surface area contributed by atoms with Gasteiger partial charge in [-0.25, -0.2) is 0 Å². The van der Waals surface area contributed by atoms with Crippen molar-refractivity contribution < 1.29 is 17.9 Å². The zero-order chi connectivity index (χ0) is 13.1. The van der Waals surface area contributed by atoms with E-state index in [0.717, 1.165) is 5.56 Å². The lowest BCUT2D eigenvalue weighted by molar-refractivity contribution is -0.196. The summed E-state index contributed by atoms with van der Waals surface area (Å²) in [5.74, 6) is 0.256. The molecule has 17 heavy (non-hydrogen) atoms. The first-order chi connectivity index (χ1) is 7.84. The molecule has 2 N–H and O–H groups in total. The highest BCUT2D eigenvalue weighted by Gasteiger charge is 2.41. The third-order valence-corrected chi connectivity index (χ3v) is 2.39. The SMILES string of the molecule is Cc1ccc(OC(CCN)C(F)(F)F)c(C)c1. The Labute approximate surface area is 98.6 Å². The van der Waals surface area contributed by atoms with Crippen LogP contribution >= 0.6 is 0 Å². The monoisotopic (exact) mass is 247 g/mol. The number of hydrogen-bond donors (Lipinski definition) is 1. The number of benzene rings is 1. The van der Waals surface area contributed by atoms with Gasteiger partial charge in [0.2, 0.25) is 0 Å². The number of halogens is 3. The fraction of sp³-hybridized carbons (Fsp3) is 0.500. The Morgan fingerprint density at radius 2 is 1.94 bits per heavy atom. The Bertz CT molecular complexity index is 377. The van der Waals surface area contributed by atoms with Crippen molar-refractivity contribution in [2.45, 2.75) is 32.5 Å². The molecule has 5 heteroatoms. The van der Waals surface area contributed by atoms with E-state index >= 15 is 0 Å². The molecule has 1 atom stereocenters. The summed E-state index contributed by atoms with van der Waals surface area (Å²) in [7, 11) is 0. The van der Waals surface area contributed by atoms with Gasteiger partial charge in [-0.2, -0.15) is 13.2 Å². The first kappa shape index (κ1) is 13.8. The number of nitrogens with two attached hydrogens (primary N) is 1. The van der Waals surface area contributed by atoms with Gasteiger partial charge in [0.15, 0.2) is 6.10 Å². The van der Waals surface area contributed by atoms with Crippen molar-refractivity contribution in [3.63, 3.8) is 0 Å². The summed E-state index contributed by atoms with van der Waals surface area (Å²) in [6.45, 7) is 3.53. The molecule has 1 unspecified atom stereocenters. The van der Waals surface area contributed by atoms with Crippen LogP contribution < -0.4 is 10.5 Å². The van der Waals surface area contributed by atoms with Crippen molar-refractivity contribution in [3.8, 4) is 5.75 Å². The first-order valence-corrected chi connectivity index (χ1v) is 5.35. The fourth-order valence-electron chi connectivity index (χ4n) is 1.53. The van der Waals surface area contributed by atoms with Crippen LogP contribution in [0.25, 0.3) is 0 Å². The quantitative estimate of drug-likeness (QED) is 0.887. The number of rotatable bonds is 4. The molecule has 96 valence electrons. The largest absolute Gasteiger partial charge is 0.481 e. The van der Waals surface area contributed by atoms with Gasteiger partial charge < -0.3 is 10.5 Å². The zero-order valence-electron chi connectivity index (χ0n) is 9.84. The maximum atomic E-state index is 12.6. The molecule has 0 spiro atoms. The Morgan fingerprint density at radius 1 is 1.29 bits per heavy atom. The van der Waals surface area contributed by atoms with E-state index in [1.165, 1.54) is 0 Å². The molecule has 1 rings (SSSR count). The topological polar surface area (TPSA) is 35.2 Å². The molecule has 0 aliphatic heterocycles. The lowest BCUT2D eigenvalue weighted by atomic mass is 10.1. The third kappa shape index (κ3) is 3.93. The number of aryl methyl sites for hydroxylation is 2. The van der Waals surface area contributed by atoms with Crippen LogP contribution in [-0.4, -0.2) is 18.8 Å². The lowest BCUT2D eigenvalue weighted by Crippen LogP contribution is -2.36. The predicted octanol–water partition coefficient (Wildman–Crippen LogP) is 2.96. The second-order valence-electron chi connectivity index (χ2n) is 3.99. The van der Waals surface area contributed by atoms with Gasteiger partial charge in [-0.1, -0.05) is 17.7 Å². The van der Waals surface area contributed by atoms with Crippen LogP contribution in [-0.2, 0) is 0 Å². The number of ether oxygens (including phenoxy) is 1. The Kier molecular flexibility index (Phi) is 4.40. The molecular weight excluding hydrogens is 231 g/mol. The van der Waals surface area contributed by atoms with Crippen molar-refractivity contribution >= 4 is 0 Å².